The zero-order valence-electron chi connectivity index (χ0n) is 12.2. The summed E-state index contributed by atoms with van der Waals surface area (Å²) in [6.45, 7) is 5.14. The van der Waals surface area contributed by atoms with Crippen LogP contribution in [0, 0.1) is 5.92 Å². The minimum absolute atomic E-state index is 0.490. The summed E-state index contributed by atoms with van der Waals surface area (Å²) in [6, 6.07) is 6.20. The van der Waals surface area contributed by atoms with E-state index in [-0.39, 0.29) is 0 Å². The standard InChI is InChI=1S/C17H22ClNO/c1-11(2)15-9-13-8-14(18)17(10-16(13)19-15)20-7-6-12-4-3-5-12/h8-12,19H,3-7H2,1-2H3. The van der Waals surface area contributed by atoms with Gasteiger partial charge in [-0.15, -0.1) is 0 Å². The van der Waals surface area contributed by atoms with Gasteiger partial charge in [0.25, 0.3) is 0 Å². The molecule has 1 aliphatic rings. The van der Waals surface area contributed by atoms with Gasteiger partial charge in [0.05, 0.1) is 11.6 Å². The van der Waals surface area contributed by atoms with E-state index in [4.69, 9.17) is 16.3 Å². The summed E-state index contributed by atoms with van der Waals surface area (Å²) in [7, 11) is 0. The van der Waals surface area contributed by atoms with Crippen molar-refractivity contribution in [3.8, 4) is 5.75 Å². The Balaban J connectivity index is 1.74. The third-order valence-corrected chi connectivity index (χ3v) is 4.62. The maximum absolute atomic E-state index is 6.32. The Kier molecular flexibility index (Phi) is 3.93. The van der Waals surface area contributed by atoms with E-state index in [1.165, 1.54) is 25.0 Å². The first kappa shape index (κ1) is 13.8. The normalized spacial score (nSPS) is 15.8. The molecule has 0 bridgehead atoms. The van der Waals surface area contributed by atoms with Gasteiger partial charge in [0.2, 0.25) is 0 Å². The Labute approximate surface area is 125 Å². The van der Waals surface area contributed by atoms with Crippen LogP contribution in [0.3, 0.4) is 0 Å². The van der Waals surface area contributed by atoms with Crippen molar-refractivity contribution in [1.82, 2.24) is 4.98 Å². The molecule has 1 heterocycles. The van der Waals surface area contributed by atoms with E-state index < -0.39 is 0 Å². The summed E-state index contributed by atoms with van der Waals surface area (Å²) in [5, 5.41) is 1.87. The molecule has 0 unspecified atom stereocenters. The van der Waals surface area contributed by atoms with Gasteiger partial charge in [0.1, 0.15) is 5.75 Å². The maximum Gasteiger partial charge on any atom is 0.139 e. The zero-order chi connectivity index (χ0) is 14.1. The van der Waals surface area contributed by atoms with Crippen LogP contribution in [0.1, 0.15) is 51.1 Å². The van der Waals surface area contributed by atoms with Crippen LogP contribution >= 0.6 is 11.6 Å². The maximum atomic E-state index is 6.32. The number of halogens is 1. The molecule has 3 rings (SSSR count). The second-order valence-corrected chi connectivity index (χ2v) is 6.59. The lowest BCUT2D eigenvalue weighted by Gasteiger charge is -2.25. The number of benzene rings is 1. The van der Waals surface area contributed by atoms with Crippen molar-refractivity contribution >= 4 is 22.5 Å². The minimum Gasteiger partial charge on any atom is -0.492 e. The molecular weight excluding hydrogens is 270 g/mol. The number of nitrogens with one attached hydrogen (secondary N) is 1. The van der Waals surface area contributed by atoms with Crippen LogP contribution in [0.5, 0.6) is 5.75 Å². The smallest absolute Gasteiger partial charge is 0.139 e. The summed E-state index contributed by atoms with van der Waals surface area (Å²) in [6.07, 6.45) is 5.27. The van der Waals surface area contributed by atoms with Crippen molar-refractivity contribution in [2.45, 2.75) is 45.4 Å². The second-order valence-electron chi connectivity index (χ2n) is 6.18. The average molecular weight is 292 g/mol. The number of fused-ring (bicyclic) bond motifs is 1. The Morgan fingerprint density at radius 3 is 2.75 bits per heavy atom. The van der Waals surface area contributed by atoms with Gasteiger partial charge in [-0.1, -0.05) is 44.7 Å². The van der Waals surface area contributed by atoms with Gasteiger partial charge >= 0.3 is 0 Å². The summed E-state index contributed by atoms with van der Waals surface area (Å²) >= 11 is 6.32. The van der Waals surface area contributed by atoms with Crippen molar-refractivity contribution in [1.29, 1.82) is 0 Å². The van der Waals surface area contributed by atoms with E-state index >= 15 is 0 Å². The lowest BCUT2D eigenvalue weighted by Crippen LogP contribution is -2.14. The molecular formula is C17H22ClNO. The molecule has 20 heavy (non-hydrogen) atoms. The predicted molar refractivity (Wildman–Crippen MR) is 84.9 cm³/mol. The van der Waals surface area contributed by atoms with Crippen LogP contribution in [0.25, 0.3) is 10.9 Å². The number of hydrogen-bond donors (Lipinski definition) is 1. The number of H-pyrrole nitrogens is 1. The van der Waals surface area contributed by atoms with Crippen molar-refractivity contribution in [2.75, 3.05) is 6.61 Å². The molecule has 1 aliphatic carbocycles. The molecule has 1 saturated carbocycles. The van der Waals surface area contributed by atoms with Crippen LogP contribution in [-0.4, -0.2) is 11.6 Å². The average Bonchev–Trinajstić information content (AvgIpc) is 2.75. The number of rotatable bonds is 5. The van der Waals surface area contributed by atoms with E-state index in [1.54, 1.807) is 0 Å². The largest absolute Gasteiger partial charge is 0.492 e. The Hall–Kier alpha value is -1.15. The SMILES string of the molecule is CC(C)c1cc2cc(Cl)c(OCCC3CCC3)cc2[nH]1. The third kappa shape index (κ3) is 2.80. The first-order chi connectivity index (χ1) is 9.63. The molecule has 1 aromatic carbocycles. The van der Waals surface area contributed by atoms with E-state index in [1.807, 2.05) is 12.1 Å². The van der Waals surface area contributed by atoms with E-state index in [0.29, 0.717) is 10.9 Å². The zero-order valence-corrected chi connectivity index (χ0v) is 13.0. The molecule has 0 amide bonds. The molecule has 3 heteroatoms. The lowest BCUT2D eigenvalue weighted by molar-refractivity contribution is 0.222. The van der Waals surface area contributed by atoms with E-state index in [9.17, 15) is 0 Å². The lowest BCUT2D eigenvalue weighted by atomic mass is 9.83. The Bertz CT molecular complexity index is 598. The van der Waals surface area contributed by atoms with E-state index in [2.05, 4.69) is 24.9 Å². The van der Waals surface area contributed by atoms with Crippen molar-refractivity contribution < 1.29 is 4.74 Å². The van der Waals surface area contributed by atoms with Gasteiger partial charge in [-0.25, -0.2) is 0 Å². The number of aromatic amines is 1. The molecule has 1 N–H and O–H groups in total. The van der Waals surface area contributed by atoms with Gasteiger partial charge in [-0.2, -0.15) is 0 Å². The summed E-state index contributed by atoms with van der Waals surface area (Å²) in [5.41, 5.74) is 2.35. The van der Waals surface area contributed by atoms with Crippen molar-refractivity contribution in [3.05, 3.63) is 28.9 Å². The fourth-order valence-corrected chi connectivity index (χ4v) is 2.92. The van der Waals surface area contributed by atoms with E-state index in [0.717, 1.165) is 35.6 Å². The summed E-state index contributed by atoms with van der Waals surface area (Å²) in [5.74, 6) is 2.16. The minimum atomic E-state index is 0.490. The number of hydrogen-bond acceptors (Lipinski definition) is 1. The fraction of sp³-hybridized carbons (Fsp3) is 0.529. The van der Waals surface area contributed by atoms with Crippen LogP contribution in [0.4, 0.5) is 0 Å². The van der Waals surface area contributed by atoms with Crippen molar-refractivity contribution in [3.63, 3.8) is 0 Å². The van der Waals surface area contributed by atoms with Gasteiger partial charge < -0.3 is 9.72 Å². The van der Waals surface area contributed by atoms with Crippen LogP contribution < -0.4 is 4.74 Å². The third-order valence-electron chi connectivity index (χ3n) is 4.32. The van der Waals surface area contributed by atoms with Crippen LogP contribution in [0.2, 0.25) is 5.02 Å². The predicted octanol–water partition coefficient (Wildman–Crippen LogP) is 5.51. The molecule has 0 atom stereocenters. The van der Waals surface area contributed by atoms with Gasteiger partial charge in [0.15, 0.2) is 0 Å². The van der Waals surface area contributed by atoms with Crippen LogP contribution in [-0.2, 0) is 0 Å². The highest BCUT2D eigenvalue weighted by Crippen LogP contribution is 2.33. The fourth-order valence-electron chi connectivity index (χ4n) is 2.69. The van der Waals surface area contributed by atoms with Gasteiger partial charge in [-0.05, 0) is 30.4 Å². The highest BCUT2D eigenvalue weighted by molar-refractivity contribution is 6.32. The monoisotopic (exact) mass is 291 g/mol. The molecule has 0 saturated heterocycles. The quantitative estimate of drug-likeness (QED) is 0.771. The molecule has 0 aliphatic heterocycles. The topological polar surface area (TPSA) is 25.0 Å². The summed E-state index contributed by atoms with van der Waals surface area (Å²) in [4.78, 5) is 3.45. The number of ether oxygens (including phenoxy) is 1. The molecule has 0 spiro atoms. The molecule has 2 nitrogen and oxygen atoms in total. The second kappa shape index (κ2) is 5.69. The highest BCUT2D eigenvalue weighted by atomic mass is 35.5. The highest BCUT2D eigenvalue weighted by Gasteiger charge is 2.17. The first-order valence-electron chi connectivity index (χ1n) is 7.58. The number of aromatic nitrogens is 1. The molecule has 0 radical (unpaired) electrons. The molecule has 2 aromatic rings. The van der Waals surface area contributed by atoms with Crippen molar-refractivity contribution in [2.24, 2.45) is 5.92 Å². The first-order valence-corrected chi connectivity index (χ1v) is 7.96. The Morgan fingerprint density at radius 2 is 2.10 bits per heavy atom. The molecule has 108 valence electrons. The van der Waals surface area contributed by atoms with Gasteiger partial charge in [0, 0.05) is 22.7 Å². The summed E-state index contributed by atoms with van der Waals surface area (Å²) < 4.78 is 5.87. The molecule has 1 aromatic heterocycles. The molecule has 1 fully saturated rings. The Morgan fingerprint density at radius 1 is 1.30 bits per heavy atom. The van der Waals surface area contributed by atoms with Crippen LogP contribution in [0.15, 0.2) is 18.2 Å². The van der Waals surface area contributed by atoms with Gasteiger partial charge in [-0.3, -0.25) is 0 Å².